The molecule has 5 heteroatoms. The van der Waals surface area contributed by atoms with Crippen LogP contribution < -0.4 is 9.46 Å². The SMILES string of the molecule is Cc1ccc(C)c(OCCNS(=O)(=O)CCCc2ccccc2)c1C. The Kier molecular flexibility index (Phi) is 7.02. The van der Waals surface area contributed by atoms with Crippen molar-refractivity contribution in [3.8, 4) is 5.75 Å². The summed E-state index contributed by atoms with van der Waals surface area (Å²) in [7, 11) is -3.26. The first-order valence-corrected chi connectivity index (χ1v) is 10.2. The van der Waals surface area contributed by atoms with E-state index in [1.165, 1.54) is 5.56 Å². The summed E-state index contributed by atoms with van der Waals surface area (Å²) in [5.41, 5.74) is 4.49. The van der Waals surface area contributed by atoms with E-state index in [9.17, 15) is 8.42 Å². The van der Waals surface area contributed by atoms with Crippen LogP contribution in [-0.4, -0.2) is 27.3 Å². The minimum Gasteiger partial charge on any atom is -0.492 e. The summed E-state index contributed by atoms with van der Waals surface area (Å²) in [5.74, 6) is 0.980. The van der Waals surface area contributed by atoms with Crippen LogP contribution in [0.15, 0.2) is 42.5 Å². The zero-order valence-corrected chi connectivity index (χ0v) is 16.0. The third kappa shape index (κ3) is 6.18. The van der Waals surface area contributed by atoms with Crippen LogP contribution in [0, 0.1) is 20.8 Å². The van der Waals surface area contributed by atoms with Gasteiger partial charge in [0.05, 0.1) is 5.75 Å². The van der Waals surface area contributed by atoms with Gasteiger partial charge in [-0.15, -0.1) is 0 Å². The zero-order chi connectivity index (χ0) is 18.3. The summed E-state index contributed by atoms with van der Waals surface area (Å²) in [6, 6.07) is 14.0. The standard InChI is InChI=1S/C20H27NO3S/c1-16-11-12-17(2)20(18(16)3)24-14-13-21-25(22,23)15-7-10-19-8-5-4-6-9-19/h4-6,8-9,11-12,21H,7,10,13-15H2,1-3H3. The number of nitrogens with one attached hydrogen (secondary N) is 1. The Balaban J connectivity index is 1.74. The van der Waals surface area contributed by atoms with Crippen molar-refractivity contribution >= 4 is 10.0 Å². The Morgan fingerprint density at radius 3 is 2.36 bits per heavy atom. The van der Waals surface area contributed by atoms with Crippen molar-refractivity contribution in [3.63, 3.8) is 0 Å². The maximum Gasteiger partial charge on any atom is 0.211 e. The molecular formula is C20H27NO3S. The minimum atomic E-state index is -3.26. The molecule has 0 atom stereocenters. The first kappa shape index (κ1) is 19.5. The van der Waals surface area contributed by atoms with E-state index in [1.54, 1.807) is 0 Å². The van der Waals surface area contributed by atoms with E-state index in [4.69, 9.17) is 4.74 Å². The van der Waals surface area contributed by atoms with Crippen molar-refractivity contribution in [2.45, 2.75) is 33.6 Å². The molecule has 0 unspecified atom stereocenters. The molecule has 2 aromatic rings. The highest BCUT2D eigenvalue weighted by atomic mass is 32.2. The summed E-state index contributed by atoms with van der Waals surface area (Å²) in [6.45, 7) is 6.65. The lowest BCUT2D eigenvalue weighted by Gasteiger charge is -2.14. The average Bonchev–Trinajstić information content (AvgIpc) is 2.58. The minimum absolute atomic E-state index is 0.129. The maximum atomic E-state index is 12.1. The van der Waals surface area contributed by atoms with Crippen LogP contribution in [-0.2, 0) is 16.4 Å². The smallest absolute Gasteiger partial charge is 0.211 e. The van der Waals surface area contributed by atoms with Crippen molar-refractivity contribution < 1.29 is 13.2 Å². The van der Waals surface area contributed by atoms with E-state index in [0.29, 0.717) is 13.0 Å². The maximum absolute atomic E-state index is 12.1. The van der Waals surface area contributed by atoms with Crippen LogP contribution in [0.3, 0.4) is 0 Å². The van der Waals surface area contributed by atoms with Crippen molar-refractivity contribution in [1.29, 1.82) is 0 Å². The normalized spacial score (nSPS) is 11.5. The number of rotatable bonds is 9. The Hall–Kier alpha value is -1.85. The van der Waals surface area contributed by atoms with Crippen LogP contribution in [0.25, 0.3) is 0 Å². The molecule has 0 bridgehead atoms. The van der Waals surface area contributed by atoms with Gasteiger partial charge in [-0.1, -0.05) is 42.5 Å². The van der Waals surface area contributed by atoms with Gasteiger partial charge in [-0.05, 0) is 55.9 Å². The first-order chi connectivity index (χ1) is 11.9. The van der Waals surface area contributed by atoms with Crippen molar-refractivity contribution in [2.75, 3.05) is 18.9 Å². The van der Waals surface area contributed by atoms with Gasteiger partial charge >= 0.3 is 0 Å². The molecule has 0 aromatic heterocycles. The van der Waals surface area contributed by atoms with Gasteiger partial charge in [0, 0.05) is 6.54 Å². The lowest BCUT2D eigenvalue weighted by molar-refractivity contribution is 0.318. The van der Waals surface area contributed by atoms with E-state index in [1.807, 2.05) is 57.2 Å². The number of hydrogen-bond donors (Lipinski definition) is 1. The van der Waals surface area contributed by atoms with Gasteiger partial charge in [-0.25, -0.2) is 13.1 Å². The number of benzene rings is 2. The van der Waals surface area contributed by atoms with Crippen molar-refractivity contribution in [1.82, 2.24) is 4.72 Å². The molecule has 1 N–H and O–H groups in total. The second-order valence-corrected chi connectivity index (χ2v) is 8.23. The molecule has 0 radical (unpaired) electrons. The van der Waals surface area contributed by atoms with Gasteiger partial charge in [0.2, 0.25) is 10.0 Å². The molecule has 4 nitrogen and oxygen atoms in total. The fourth-order valence-corrected chi connectivity index (χ4v) is 3.74. The highest BCUT2D eigenvalue weighted by molar-refractivity contribution is 7.89. The lowest BCUT2D eigenvalue weighted by atomic mass is 10.1. The molecule has 0 saturated carbocycles. The van der Waals surface area contributed by atoms with Crippen LogP contribution >= 0.6 is 0 Å². The summed E-state index contributed by atoms with van der Waals surface area (Å²) >= 11 is 0. The van der Waals surface area contributed by atoms with Gasteiger partial charge in [-0.2, -0.15) is 0 Å². The third-order valence-electron chi connectivity index (χ3n) is 4.27. The number of hydrogen-bond acceptors (Lipinski definition) is 3. The molecule has 2 aromatic carbocycles. The quantitative estimate of drug-likeness (QED) is 0.695. The predicted molar refractivity (Wildman–Crippen MR) is 103 cm³/mol. The van der Waals surface area contributed by atoms with E-state index < -0.39 is 10.0 Å². The molecule has 0 amide bonds. The van der Waals surface area contributed by atoms with E-state index >= 15 is 0 Å². The second kappa shape index (κ2) is 9.02. The molecule has 0 aliphatic heterocycles. The summed E-state index contributed by atoms with van der Waals surface area (Å²) < 4.78 is 32.5. The topological polar surface area (TPSA) is 55.4 Å². The highest BCUT2D eigenvalue weighted by Crippen LogP contribution is 2.25. The fraction of sp³-hybridized carbons (Fsp3) is 0.400. The molecule has 0 spiro atoms. The van der Waals surface area contributed by atoms with Crippen molar-refractivity contribution in [2.24, 2.45) is 0 Å². The molecule has 0 fully saturated rings. The molecule has 0 aliphatic carbocycles. The first-order valence-electron chi connectivity index (χ1n) is 8.60. The molecule has 25 heavy (non-hydrogen) atoms. The Morgan fingerprint density at radius 2 is 1.64 bits per heavy atom. The molecule has 2 rings (SSSR count). The summed E-state index contributed by atoms with van der Waals surface area (Å²) in [6.07, 6.45) is 1.37. The average molecular weight is 362 g/mol. The molecule has 136 valence electrons. The van der Waals surface area contributed by atoms with Gasteiger partial charge in [0.25, 0.3) is 0 Å². The van der Waals surface area contributed by atoms with Crippen LogP contribution in [0.4, 0.5) is 0 Å². The fourth-order valence-electron chi connectivity index (χ4n) is 2.68. The third-order valence-corrected chi connectivity index (χ3v) is 5.74. The zero-order valence-electron chi connectivity index (χ0n) is 15.2. The van der Waals surface area contributed by atoms with Gasteiger partial charge < -0.3 is 4.74 Å². The molecule has 0 aliphatic rings. The monoisotopic (exact) mass is 361 g/mol. The molecular weight excluding hydrogens is 334 g/mol. The van der Waals surface area contributed by atoms with Crippen molar-refractivity contribution in [3.05, 3.63) is 64.7 Å². The molecule has 0 saturated heterocycles. The van der Waals surface area contributed by atoms with Gasteiger partial charge in [0.1, 0.15) is 12.4 Å². The number of sulfonamides is 1. The number of aryl methyl sites for hydroxylation is 3. The summed E-state index contributed by atoms with van der Waals surface area (Å²) in [5, 5.41) is 0. The van der Waals surface area contributed by atoms with Gasteiger partial charge in [-0.3, -0.25) is 0 Å². The van der Waals surface area contributed by atoms with Crippen LogP contribution in [0.2, 0.25) is 0 Å². The lowest BCUT2D eigenvalue weighted by Crippen LogP contribution is -2.30. The summed E-state index contributed by atoms with van der Waals surface area (Å²) in [4.78, 5) is 0. The Bertz CT molecular complexity index is 786. The van der Waals surface area contributed by atoms with E-state index in [2.05, 4.69) is 10.8 Å². The Labute approximate surface area is 151 Å². The highest BCUT2D eigenvalue weighted by Gasteiger charge is 2.10. The molecule has 0 heterocycles. The van der Waals surface area contributed by atoms with Crippen LogP contribution in [0.5, 0.6) is 5.75 Å². The largest absolute Gasteiger partial charge is 0.492 e. The van der Waals surface area contributed by atoms with Crippen LogP contribution in [0.1, 0.15) is 28.7 Å². The second-order valence-electron chi connectivity index (χ2n) is 6.30. The van der Waals surface area contributed by atoms with E-state index in [-0.39, 0.29) is 12.3 Å². The number of ether oxygens (including phenoxy) is 1. The van der Waals surface area contributed by atoms with E-state index in [0.717, 1.165) is 28.9 Å². The predicted octanol–water partition coefficient (Wildman–Crippen LogP) is 3.54. The Morgan fingerprint density at radius 1 is 0.960 bits per heavy atom. The van der Waals surface area contributed by atoms with Gasteiger partial charge in [0.15, 0.2) is 0 Å².